The van der Waals surface area contributed by atoms with Crippen molar-refractivity contribution >= 4 is 29.2 Å². The fourth-order valence-corrected chi connectivity index (χ4v) is 2.52. The van der Waals surface area contributed by atoms with Crippen molar-refractivity contribution in [3.8, 4) is 0 Å². The molecule has 0 radical (unpaired) electrons. The van der Waals surface area contributed by atoms with Gasteiger partial charge in [-0.25, -0.2) is 4.79 Å². The molecule has 1 unspecified atom stereocenters. The summed E-state index contributed by atoms with van der Waals surface area (Å²) in [6.07, 6.45) is 0.112. The van der Waals surface area contributed by atoms with Crippen molar-refractivity contribution in [2.45, 2.75) is 26.3 Å². The van der Waals surface area contributed by atoms with Crippen LogP contribution in [0.3, 0.4) is 0 Å². The van der Waals surface area contributed by atoms with Gasteiger partial charge in [0.25, 0.3) is 0 Å². The molecule has 0 aromatic heterocycles. The van der Waals surface area contributed by atoms with E-state index in [1.807, 2.05) is 31.2 Å². The Bertz CT molecular complexity index is 801. The van der Waals surface area contributed by atoms with Crippen LogP contribution in [0, 0.1) is 6.92 Å². The highest BCUT2D eigenvalue weighted by molar-refractivity contribution is 5.93. The number of nitrogens with one attached hydrogen (secondary N) is 4. The molecule has 0 aliphatic carbocycles. The molecule has 0 heterocycles. The number of urea groups is 1. The summed E-state index contributed by atoms with van der Waals surface area (Å²) >= 11 is 0. The number of aryl methyl sites for hydroxylation is 1. The SMILES string of the molecule is CNC(=O)Nc1ccc(NC(=O)CC(NC(C)=O)c2ccc(C)cc2)cc1. The largest absolute Gasteiger partial charge is 0.349 e. The lowest BCUT2D eigenvalue weighted by Crippen LogP contribution is -2.29. The van der Waals surface area contributed by atoms with Crippen LogP contribution in [0.5, 0.6) is 0 Å². The summed E-state index contributed by atoms with van der Waals surface area (Å²) in [5.74, 6) is -0.417. The second kappa shape index (κ2) is 9.38. The molecule has 142 valence electrons. The standard InChI is InChI=1S/C20H24N4O3/c1-13-4-6-15(7-5-13)18(22-14(2)25)12-19(26)23-16-8-10-17(11-9-16)24-20(27)21-3/h4-11,18H,12H2,1-3H3,(H,22,25)(H,23,26)(H2,21,24,27). The molecule has 1 atom stereocenters. The molecule has 2 rings (SSSR count). The van der Waals surface area contributed by atoms with Crippen LogP contribution in [0.1, 0.15) is 30.5 Å². The first-order valence-electron chi connectivity index (χ1n) is 8.59. The van der Waals surface area contributed by atoms with E-state index in [0.717, 1.165) is 11.1 Å². The molecule has 4 N–H and O–H groups in total. The van der Waals surface area contributed by atoms with Gasteiger partial charge in [-0.2, -0.15) is 0 Å². The van der Waals surface area contributed by atoms with E-state index in [1.54, 1.807) is 24.3 Å². The lowest BCUT2D eigenvalue weighted by Gasteiger charge is -2.18. The minimum absolute atomic E-state index is 0.112. The smallest absolute Gasteiger partial charge is 0.318 e. The van der Waals surface area contributed by atoms with Gasteiger partial charge in [0.2, 0.25) is 11.8 Å². The van der Waals surface area contributed by atoms with Crippen molar-refractivity contribution in [3.05, 3.63) is 59.7 Å². The van der Waals surface area contributed by atoms with Crippen molar-refractivity contribution in [1.29, 1.82) is 0 Å². The number of carbonyl (C=O) groups is 3. The third-order valence-electron chi connectivity index (χ3n) is 3.90. The molecule has 0 spiro atoms. The molecule has 0 saturated heterocycles. The molecule has 0 fully saturated rings. The van der Waals surface area contributed by atoms with Gasteiger partial charge in [0.15, 0.2) is 0 Å². The summed E-state index contributed by atoms with van der Waals surface area (Å²) < 4.78 is 0. The van der Waals surface area contributed by atoms with E-state index in [1.165, 1.54) is 14.0 Å². The third kappa shape index (κ3) is 6.47. The van der Waals surface area contributed by atoms with Crippen molar-refractivity contribution in [2.75, 3.05) is 17.7 Å². The number of hydrogen-bond acceptors (Lipinski definition) is 3. The van der Waals surface area contributed by atoms with Crippen LogP contribution >= 0.6 is 0 Å². The maximum atomic E-state index is 12.4. The monoisotopic (exact) mass is 368 g/mol. The molecule has 0 aliphatic heterocycles. The van der Waals surface area contributed by atoms with Gasteiger partial charge in [-0.15, -0.1) is 0 Å². The van der Waals surface area contributed by atoms with Gasteiger partial charge in [-0.05, 0) is 36.8 Å². The number of benzene rings is 2. The number of amides is 4. The van der Waals surface area contributed by atoms with Crippen molar-refractivity contribution in [1.82, 2.24) is 10.6 Å². The van der Waals surface area contributed by atoms with Crippen LogP contribution in [-0.2, 0) is 9.59 Å². The number of carbonyl (C=O) groups excluding carboxylic acids is 3. The number of rotatable bonds is 6. The van der Waals surface area contributed by atoms with Crippen molar-refractivity contribution < 1.29 is 14.4 Å². The van der Waals surface area contributed by atoms with E-state index < -0.39 is 6.04 Å². The van der Waals surface area contributed by atoms with Gasteiger partial charge >= 0.3 is 6.03 Å². The summed E-state index contributed by atoms with van der Waals surface area (Å²) in [5.41, 5.74) is 3.20. The molecule has 2 aromatic carbocycles. The first-order valence-corrected chi connectivity index (χ1v) is 8.59. The van der Waals surface area contributed by atoms with E-state index in [4.69, 9.17) is 0 Å². The molecule has 4 amide bonds. The Kier molecular flexibility index (Phi) is 6.93. The summed E-state index contributed by atoms with van der Waals surface area (Å²) in [6, 6.07) is 13.8. The zero-order valence-electron chi connectivity index (χ0n) is 15.6. The molecule has 7 nitrogen and oxygen atoms in total. The average molecular weight is 368 g/mol. The summed E-state index contributed by atoms with van der Waals surface area (Å²) in [4.78, 5) is 35.2. The highest BCUT2D eigenvalue weighted by Crippen LogP contribution is 2.19. The van der Waals surface area contributed by atoms with Gasteiger partial charge < -0.3 is 21.3 Å². The minimum Gasteiger partial charge on any atom is -0.349 e. The molecule has 27 heavy (non-hydrogen) atoms. The normalized spacial score (nSPS) is 11.2. The van der Waals surface area contributed by atoms with E-state index in [0.29, 0.717) is 11.4 Å². The third-order valence-corrected chi connectivity index (χ3v) is 3.90. The molecular formula is C20H24N4O3. The molecule has 0 saturated carbocycles. The fourth-order valence-electron chi connectivity index (χ4n) is 2.52. The lowest BCUT2D eigenvalue weighted by atomic mass is 10.0. The Labute approximate surface area is 158 Å². The lowest BCUT2D eigenvalue weighted by molar-refractivity contribution is -0.120. The molecule has 7 heteroatoms. The highest BCUT2D eigenvalue weighted by Gasteiger charge is 2.17. The van der Waals surface area contributed by atoms with Crippen molar-refractivity contribution in [3.63, 3.8) is 0 Å². The Hall–Kier alpha value is -3.35. The Morgan fingerprint density at radius 3 is 1.96 bits per heavy atom. The quantitative estimate of drug-likeness (QED) is 0.631. The van der Waals surface area contributed by atoms with Gasteiger partial charge in [0, 0.05) is 25.3 Å². The van der Waals surface area contributed by atoms with Crippen LogP contribution in [0.25, 0.3) is 0 Å². The van der Waals surface area contributed by atoms with Crippen LogP contribution in [0.4, 0.5) is 16.2 Å². The zero-order valence-corrected chi connectivity index (χ0v) is 15.6. The van der Waals surface area contributed by atoms with Crippen molar-refractivity contribution in [2.24, 2.45) is 0 Å². The van der Waals surface area contributed by atoms with Gasteiger partial charge in [-0.3, -0.25) is 9.59 Å². The second-order valence-electron chi connectivity index (χ2n) is 6.20. The maximum absolute atomic E-state index is 12.4. The molecule has 0 bridgehead atoms. The predicted octanol–water partition coefficient (Wildman–Crippen LogP) is 2.95. The summed E-state index contributed by atoms with van der Waals surface area (Å²) in [7, 11) is 1.53. The number of anilines is 2. The van der Waals surface area contributed by atoms with Gasteiger partial charge in [0.05, 0.1) is 12.5 Å². The topological polar surface area (TPSA) is 99.3 Å². The van der Waals surface area contributed by atoms with E-state index >= 15 is 0 Å². The first kappa shape index (κ1) is 20.0. The van der Waals surface area contributed by atoms with Crippen LogP contribution in [0.15, 0.2) is 48.5 Å². The van der Waals surface area contributed by atoms with Crippen LogP contribution in [0.2, 0.25) is 0 Å². The zero-order chi connectivity index (χ0) is 19.8. The maximum Gasteiger partial charge on any atom is 0.318 e. The fraction of sp³-hybridized carbons (Fsp3) is 0.250. The van der Waals surface area contributed by atoms with E-state index in [9.17, 15) is 14.4 Å². The molecular weight excluding hydrogens is 344 g/mol. The van der Waals surface area contributed by atoms with Crippen LogP contribution < -0.4 is 21.3 Å². The van der Waals surface area contributed by atoms with Crippen LogP contribution in [-0.4, -0.2) is 24.9 Å². The Morgan fingerprint density at radius 1 is 0.889 bits per heavy atom. The van der Waals surface area contributed by atoms with Gasteiger partial charge in [0.1, 0.15) is 0 Å². The Balaban J connectivity index is 2.01. The average Bonchev–Trinajstić information content (AvgIpc) is 2.63. The predicted molar refractivity (Wildman–Crippen MR) is 106 cm³/mol. The van der Waals surface area contributed by atoms with E-state index in [-0.39, 0.29) is 24.3 Å². The van der Waals surface area contributed by atoms with E-state index in [2.05, 4.69) is 21.3 Å². The second-order valence-corrected chi connectivity index (χ2v) is 6.20. The first-order chi connectivity index (χ1) is 12.9. The Morgan fingerprint density at radius 2 is 1.44 bits per heavy atom. The molecule has 2 aromatic rings. The number of hydrogen-bond donors (Lipinski definition) is 4. The summed E-state index contributed by atoms with van der Waals surface area (Å²) in [6.45, 7) is 3.41. The highest BCUT2D eigenvalue weighted by atomic mass is 16.2. The van der Waals surface area contributed by atoms with Gasteiger partial charge in [-0.1, -0.05) is 29.8 Å². The molecule has 0 aliphatic rings. The summed E-state index contributed by atoms with van der Waals surface area (Å²) in [5, 5.41) is 10.7. The minimum atomic E-state index is -0.405.